The molecule has 0 aliphatic heterocycles. The molecule has 0 heterocycles. The fourth-order valence-corrected chi connectivity index (χ4v) is 2.17. The lowest BCUT2D eigenvalue weighted by Gasteiger charge is -2.27. The SMILES string of the molecule is CCNC(=O)C(C)(C)CN=C(NCC)N(C)CC(=O)N(CC)CC. The molecule has 0 saturated carbocycles. The van der Waals surface area contributed by atoms with E-state index in [0.717, 1.165) is 0 Å². The third kappa shape index (κ3) is 7.19. The van der Waals surface area contributed by atoms with E-state index in [0.29, 0.717) is 38.7 Å². The molecular weight excluding hydrogens is 306 g/mol. The maximum atomic E-state index is 12.3. The number of likely N-dealkylation sites (N-methyl/N-ethyl adjacent to an activating group) is 2. The second kappa shape index (κ2) is 10.9. The van der Waals surface area contributed by atoms with Gasteiger partial charge in [-0.15, -0.1) is 0 Å². The van der Waals surface area contributed by atoms with E-state index in [1.807, 2.05) is 48.6 Å². The minimum atomic E-state index is -0.597. The Morgan fingerprint density at radius 1 is 1.00 bits per heavy atom. The summed E-state index contributed by atoms with van der Waals surface area (Å²) in [7, 11) is 1.84. The molecule has 140 valence electrons. The minimum Gasteiger partial charge on any atom is -0.357 e. The molecule has 0 rings (SSSR count). The highest BCUT2D eigenvalue weighted by molar-refractivity contribution is 5.87. The molecule has 0 saturated heterocycles. The zero-order valence-corrected chi connectivity index (χ0v) is 16.4. The second-order valence-electron chi connectivity index (χ2n) is 6.34. The van der Waals surface area contributed by atoms with Crippen LogP contribution in [0.5, 0.6) is 0 Å². The van der Waals surface area contributed by atoms with Gasteiger partial charge in [0.2, 0.25) is 11.8 Å². The van der Waals surface area contributed by atoms with Crippen molar-refractivity contribution in [3.8, 4) is 0 Å². The number of hydrogen-bond donors (Lipinski definition) is 2. The van der Waals surface area contributed by atoms with Gasteiger partial charge in [-0.1, -0.05) is 0 Å². The zero-order valence-electron chi connectivity index (χ0n) is 16.4. The van der Waals surface area contributed by atoms with Gasteiger partial charge < -0.3 is 20.4 Å². The van der Waals surface area contributed by atoms with Gasteiger partial charge in [0.1, 0.15) is 0 Å². The first-order chi connectivity index (χ1) is 11.2. The van der Waals surface area contributed by atoms with Gasteiger partial charge in [-0.05, 0) is 41.5 Å². The van der Waals surface area contributed by atoms with E-state index >= 15 is 0 Å². The van der Waals surface area contributed by atoms with Crippen LogP contribution in [0.4, 0.5) is 0 Å². The summed E-state index contributed by atoms with van der Waals surface area (Å²) in [6, 6.07) is 0. The van der Waals surface area contributed by atoms with Crippen molar-refractivity contribution >= 4 is 17.8 Å². The molecule has 0 fully saturated rings. The molecule has 7 heteroatoms. The van der Waals surface area contributed by atoms with Gasteiger partial charge in [0.25, 0.3) is 0 Å². The number of guanidine groups is 1. The number of carbonyl (C=O) groups is 2. The number of hydrogen-bond acceptors (Lipinski definition) is 3. The predicted octanol–water partition coefficient (Wildman–Crippen LogP) is 0.914. The lowest BCUT2D eigenvalue weighted by atomic mass is 9.92. The predicted molar refractivity (Wildman–Crippen MR) is 99.0 cm³/mol. The summed E-state index contributed by atoms with van der Waals surface area (Å²) < 4.78 is 0. The van der Waals surface area contributed by atoms with Crippen molar-refractivity contribution in [2.45, 2.75) is 41.5 Å². The summed E-state index contributed by atoms with van der Waals surface area (Å²) in [5, 5.41) is 6.01. The Hall–Kier alpha value is -1.79. The Morgan fingerprint density at radius 2 is 1.54 bits per heavy atom. The van der Waals surface area contributed by atoms with Crippen molar-refractivity contribution in [2.24, 2.45) is 10.4 Å². The molecule has 0 atom stereocenters. The molecule has 0 aromatic carbocycles. The summed E-state index contributed by atoms with van der Waals surface area (Å²) in [5.74, 6) is 0.679. The number of rotatable bonds is 9. The van der Waals surface area contributed by atoms with E-state index in [-0.39, 0.29) is 18.4 Å². The smallest absolute Gasteiger partial charge is 0.242 e. The number of nitrogens with one attached hydrogen (secondary N) is 2. The van der Waals surface area contributed by atoms with Crippen LogP contribution in [0, 0.1) is 5.41 Å². The Kier molecular flexibility index (Phi) is 10.1. The van der Waals surface area contributed by atoms with Crippen LogP contribution in [-0.4, -0.2) is 73.9 Å². The summed E-state index contributed by atoms with van der Waals surface area (Å²) in [6.45, 7) is 14.8. The van der Waals surface area contributed by atoms with E-state index in [1.165, 1.54) is 0 Å². The van der Waals surface area contributed by atoms with Gasteiger partial charge in [-0.3, -0.25) is 14.6 Å². The van der Waals surface area contributed by atoms with Crippen molar-refractivity contribution < 1.29 is 9.59 Å². The first-order valence-corrected chi connectivity index (χ1v) is 8.78. The molecule has 2 amide bonds. The summed E-state index contributed by atoms with van der Waals surface area (Å²) in [5.41, 5.74) is -0.597. The Balaban J connectivity index is 5.00. The molecule has 0 bridgehead atoms. The largest absolute Gasteiger partial charge is 0.357 e. The van der Waals surface area contributed by atoms with Crippen LogP contribution in [0.3, 0.4) is 0 Å². The molecular formula is C17H35N5O2. The Bertz CT molecular complexity index is 431. The van der Waals surface area contributed by atoms with Crippen LogP contribution >= 0.6 is 0 Å². The van der Waals surface area contributed by atoms with Gasteiger partial charge in [0.15, 0.2) is 5.96 Å². The second-order valence-corrected chi connectivity index (χ2v) is 6.34. The highest BCUT2D eigenvalue weighted by Gasteiger charge is 2.27. The highest BCUT2D eigenvalue weighted by atomic mass is 16.2. The van der Waals surface area contributed by atoms with Crippen LogP contribution < -0.4 is 10.6 Å². The molecule has 0 radical (unpaired) electrons. The van der Waals surface area contributed by atoms with Gasteiger partial charge in [-0.2, -0.15) is 0 Å². The maximum absolute atomic E-state index is 12.3. The number of aliphatic imine (C=N–C) groups is 1. The average molecular weight is 342 g/mol. The molecule has 24 heavy (non-hydrogen) atoms. The number of carbonyl (C=O) groups excluding carboxylic acids is 2. The molecule has 0 aromatic rings. The van der Waals surface area contributed by atoms with Crippen LogP contribution in [0.1, 0.15) is 41.5 Å². The van der Waals surface area contributed by atoms with Crippen molar-refractivity contribution in [1.82, 2.24) is 20.4 Å². The van der Waals surface area contributed by atoms with E-state index in [4.69, 9.17) is 0 Å². The van der Waals surface area contributed by atoms with Crippen molar-refractivity contribution in [3.63, 3.8) is 0 Å². The summed E-state index contributed by atoms with van der Waals surface area (Å²) >= 11 is 0. The fraction of sp³-hybridized carbons (Fsp3) is 0.824. The maximum Gasteiger partial charge on any atom is 0.242 e. The van der Waals surface area contributed by atoms with E-state index in [9.17, 15) is 9.59 Å². The van der Waals surface area contributed by atoms with E-state index in [1.54, 1.807) is 9.80 Å². The monoisotopic (exact) mass is 341 g/mol. The van der Waals surface area contributed by atoms with Gasteiger partial charge in [0, 0.05) is 33.2 Å². The number of amides is 2. The Morgan fingerprint density at radius 3 is 2.00 bits per heavy atom. The molecule has 0 unspecified atom stereocenters. The van der Waals surface area contributed by atoms with Crippen molar-refractivity contribution in [1.29, 1.82) is 0 Å². The minimum absolute atomic E-state index is 0.0218. The zero-order chi connectivity index (χ0) is 18.8. The van der Waals surface area contributed by atoms with Crippen LogP contribution in [-0.2, 0) is 9.59 Å². The van der Waals surface area contributed by atoms with Crippen LogP contribution in [0.25, 0.3) is 0 Å². The first-order valence-electron chi connectivity index (χ1n) is 8.78. The van der Waals surface area contributed by atoms with Crippen molar-refractivity contribution in [2.75, 3.05) is 46.3 Å². The quantitative estimate of drug-likeness (QED) is 0.483. The number of nitrogens with zero attached hydrogens (tertiary/aromatic N) is 3. The van der Waals surface area contributed by atoms with Gasteiger partial charge >= 0.3 is 0 Å². The summed E-state index contributed by atoms with van der Waals surface area (Å²) in [6.07, 6.45) is 0. The fourth-order valence-electron chi connectivity index (χ4n) is 2.17. The third-order valence-corrected chi connectivity index (χ3v) is 3.76. The summed E-state index contributed by atoms with van der Waals surface area (Å²) in [4.78, 5) is 32.5. The van der Waals surface area contributed by atoms with Gasteiger partial charge in [0.05, 0.1) is 18.5 Å². The topological polar surface area (TPSA) is 77.0 Å². The molecule has 2 N–H and O–H groups in total. The molecule has 0 spiro atoms. The standard InChI is InChI=1S/C17H35N5O2/c1-8-18-15(24)17(5,6)13-20-16(19-9-2)21(7)12-14(23)22(10-3)11-4/h8-13H2,1-7H3,(H,18,24)(H,19,20). The van der Waals surface area contributed by atoms with Crippen LogP contribution in [0.2, 0.25) is 0 Å². The first kappa shape index (κ1) is 22.2. The van der Waals surface area contributed by atoms with Crippen molar-refractivity contribution in [3.05, 3.63) is 0 Å². The molecule has 0 aromatic heterocycles. The highest BCUT2D eigenvalue weighted by Crippen LogP contribution is 2.15. The van der Waals surface area contributed by atoms with Crippen LogP contribution in [0.15, 0.2) is 4.99 Å². The Labute approximate surface area is 146 Å². The lowest BCUT2D eigenvalue weighted by Crippen LogP contribution is -2.46. The van der Waals surface area contributed by atoms with Gasteiger partial charge in [-0.25, -0.2) is 0 Å². The average Bonchev–Trinajstić information content (AvgIpc) is 2.52. The molecule has 0 aliphatic rings. The molecule has 7 nitrogen and oxygen atoms in total. The van der Waals surface area contributed by atoms with E-state index < -0.39 is 5.41 Å². The molecule has 0 aliphatic carbocycles. The lowest BCUT2D eigenvalue weighted by molar-refractivity contribution is -0.131. The third-order valence-electron chi connectivity index (χ3n) is 3.76. The normalized spacial score (nSPS) is 11.9. The van der Waals surface area contributed by atoms with E-state index in [2.05, 4.69) is 15.6 Å².